The molecule has 116 valence electrons. The van der Waals surface area contributed by atoms with Crippen LogP contribution in [0.4, 0.5) is 0 Å². The molecule has 1 fully saturated rings. The van der Waals surface area contributed by atoms with Crippen molar-refractivity contribution < 1.29 is 13.2 Å². The van der Waals surface area contributed by atoms with Crippen LogP contribution in [0.2, 0.25) is 0 Å². The fourth-order valence-corrected chi connectivity index (χ4v) is 5.25. The summed E-state index contributed by atoms with van der Waals surface area (Å²) in [4.78, 5) is 11.9. The molecule has 21 heavy (non-hydrogen) atoms. The minimum atomic E-state index is -3.70. The number of benzene rings is 1. The molecule has 2 rings (SSSR count). The number of nitrogens with zero attached hydrogens (tertiary/aromatic N) is 1. The summed E-state index contributed by atoms with van der Waals surface area (Å²) in [6, 6.07) is 2.97. The molecular weight excluding hydrogens is 288 g/mol. The summed E-state index contributed by atoms with van der Waals surface area (Å²) in [7, 11) is -3.70. The Bertz CT molecular complexity index is 644. The van der Waals surface area contributed by atoms with Crippen LogP contribution >= 0.6 is 0 Å². The van der Waals surface area contributed by atoms with E-state index in [1.807, 2.05) is 19.1 Å². The molecule has 0 radical (unpaired) electrons. The quantitative estimate of drug-likeness (QED) is 0.921. The minimum Gasteiger partial charge on any atom is -0.368 e. The number of piperidine rings is 1. The van der Waals surface area contributed by atoms with E-state index in [4.69, 9.17) is 5.73 Å². The fourth-order valence-electron chi connectivity index (χ4n) is 3.17. The van der Waals surface area contributed by atoms with Crippen molar-refractivity contribution in [3.63, 3.8) is 0 Å². The van der Waals surface area contributed by atoms with Crippen molar-refractivity contribution in [3.8, 4) is 0 Å². The monoisotopic (exact) mass is 310 g/mol. The number of hydrogen-bond acceptors (Lipinski definition) is 3. The van der Waals surface area contributed by atoms with Crippen LogP contribution in [0.5, 0.6) is 0 Å². The highest BCUT2D eigenvalue weighted by Gasteiger charge is 2.37. The lowest BCUT2D eigenvalue weighted by Crippen LogP contribution is -2.50. The van der Waals surface area contributed by atoms with Crippen molar-refractivity contribution in [1.29, 1.82) is 0 Å². The van der Waals surface area contributed by atoms with E-state index in [2.05, 4.69) is 0 Å². The van der Waals surface area contributed by atoms with E-state index in [1.165, 1.54) is 4.31 Å². The number of aryl methyl sites for hydroxylation is 3. The van der Waals surface area contributed by atoms with Crippen molar-refractivity contribution in [1.82, 2.24) is 4.31 Å². The molecule has 0 saturated carbocycles. The molecule has 1 saturated heterocycles. The van der Waals surface area contributed by atoms with Crippen molar-refractivity contribution in [2.75, 3.05) is 6.54 Å². The first-order valence-corrected chi connectivity index (χ1v) is 8.58. The van der Waals surface area contributed by atoms with Gasteiger partial charge >= 0.3 is 0 Å². The average molecular weight is 310 g/mol. The second-order valence-corrected chi connectivity index (χ2v) is 7.58. The van der Waals surface area contributed by atoms with Crippen LogP contribution in [0.15, 0.2) is 17.0 Å². The van der Waals surface area contributed by atoms with Gasteiger partial charge in [-0.25, -0.2) is 8.42 Å². The summed E-state index contributed by atoms with van der Waals surface area (Å²) in [5, 5.41) is 0. The third-order valence-electron chi connectivity index (χ3n) is 3.95. The first kappa shape index (κ1) is 16.0. The van der Waals surface area contributed by atoms with Gasteiger partial charge in [0.25, 0.3) is 0 Å². The third-order valence-corrected chi connectivity index (χ3v) is 6.17. The maximum atomic E-state index is 13.0. The van der Waals surface area contributed by atoms with Crippen molar-refractivity contribution >= 4 is 15.9 Å². The molecule has 1 aromatic carbocycles. The van der Waals surface area contributed by atoms with Crippen LogP contribution in [-0.2, 0) is 14.8 Å². The maximum absolute atomic E-state index is 13.0. The van der Waals surface area contributed by atoms with Gasteiger partial charge in [-0.1, -0.05) is 24.1 Å². The Labute approximate surface area is 126 Å². The molecule has 0 spiro atoms. The van der Waals surface area contributed by atoms with E-state index in [0.717, 1.165) is 18.4 Å². The Hall–Kier alpha value is -1.40. The molecule has 5 nitrogen and oxygen atoms in total. The lowest BCUT2D eigenvalue weighted by Gasteiger charge is -2.33. The molecule has 1 aromatic rings. The van der Waals surface area contributed by atoms with E-state index in [1.54, 1.807) is 13.8 Å². The topological polar surface area (TPSA) is 80.5 Å². The standard InChI is InChI=1S/C15H22N2O3S/c1-10-8-11(2)14(12(3)9-10)21(19,20)17-7-5-4-6-13(17)15(16)18/h8-9,13H,4-7H2,1-3H3,(H2,16,18)/t13-/m1/s1. The van der Waals surface area contributed by atoms with Crippen LogP contribution in [-0.4, -0.2) is 31.2 Å². The van der Waals surface area contributed by atoms with Gasteiger partial charge in [0.05, 0.1) is 4.90 Å². The Morgan fingerprint density at radius 3 is 2.29 bits per heavy atom. The molecule has 1 aliphatic heterocycles. The van der Waals surface area contributed by atoms with Crippen molar-refractivity contribution in [2.24, 2.45) is 5.73 Å². The van der Waals surface area contributed by atoms with Gasteiger partial charge in [-0.2, -0.15) is 4.31 Å². The number of carbonyl (C=O) groups excluding carboxylic acids is 1. The molecular formula is C15H22N2O3S. The van der Waals surface area contributed by atoms with E-state index >= 15 is 0 Å². The van der Waals surface area contributed by atoms with E-state index < -0.39 is 22.0 Å². The van der Waals surface area contributed by atoms with Gasteiger partial charge in [0.1, 0.15) is 6.04 Å². The number of carbonyl (C=O) groups is 1. The largest absolute Gasteiger partial charge is 0.368 e. The van der Waals surface area contributed by atoms with Gasteiger partial charge in [0.2, 0.25) is 15.9 Å². The van der Waals surface area contributed by atoms with Crippen molar-refractivity contribution in [2.45, 2.75) is 51.0 Å². The zero-order valence-electron chi connectivity index (χ0n) is 12.7. The summed E-state index contributed by atoms with van der Waals surface area (Å²) in [5.41, 5.74) is 7.83. The van der Waals surface area contributed by atoms with Gasteiger partial charge in [0, 0.05) is 6.54 Å². The summed E-state index contributed by atoms with van der Waals surface area (Å²) in [6.07, 6.45) is 2.08. The molecule has 0 aliphatic carbocycles. The first-order valence-electron chi connectivity index (χ1n) is 7.14. The maximum Gasteiger partial charge on any atom is 0.244 e. The molecule has 0 unspecified atom stereocenters. The van der Waals surface area contributed by atoms with Crippen LogP contribution in [0.1, 0.15) is 36.0 Å². The second kappa shape index (κ2) is 5.77. The minimum absolute atomic E-state index is 0.307. The van der Waals surface area contributed by atoms with Gasteiger partial charge < -0.3 is 5.73 Å². The predicted molar refractivity (Wildman–Crippen MR) is 81.4 cm³/mol. The van der Waals surface area contributed by atoms with Gasteiger partial charge in [-0.15, -0.1) is 0 Å². The summed E-state index contributed by atoms with van der Waals surface area (Å²) < 4.78 is 27.2. The van der Waals surface area contributed by atoms with Gasteiger partial charge in [-0.3, -0.25) is 4.79 Å². The molecule has 1 atom stereocenters. The molecule has 1 heterocycles. The number of sulfonamides is 1. The highest BCUT2D eigenvalue weighted by atomic mass is 32.2. The lowest BCUT2D eigenvalue weighted by atomic mass is 10.0. The number of nitrogens with two attached hydrogens (primary N) is 1. The van der Waals surface area contributed by atoms with Gasteiger partial charge in [-0.05, 0) is 44.7 Å². The van der Waals surface area contributed by atoms with E-state index in [0.29, 0.717) is 29.0 Å². The second-order valence-electron chi connectivity index (χ2n) is 5.76. The first-order chi connectivity index (χ1) is 9.75. The Balaban J connectivity index is 2.53. The smallest absolute Gasteiger partial charge is 0.244 e. The zero-order valence-corrected chi connectivity index (χ0v) is 13.5. The van der Waals surface area contributed by atoms with Crippen LogP contribution in [0.25, 0.3) is 0 Å². The molecule has 1 aliphatic rings. The normalized spacial score (nSPS) is 20.4. The third kappa shape index (κ3) is 2.96. The summed E-state index contributed by atoms with van der Waals surface area (Å²) in [5.74, 6) is -0.569. The van der Waals surface area contributed by atoms with Crippen LogP contribution < -0.4 is 5.73 Å². The summed E-state index contributed by atoms with van der Waals surface area (Å²) in [6.45, 7) is 5.86. The molecule has 2 N–H and O–H groups in total. The van der Waals surface area contributed by atoms with E-state index in [9.17, 15) is 13.2 Å². The number of primary amides is 1. The number of hydrogen-bond donors (Lipinski definition) is 1. The summed E-state index contributed by atoms with van der Waals surface area (Å²) >= 11 is 0. The van der Waals surface area contributed by atoms with Crippen LogP contribution in [0, 0.1) is 20.8 Å². The van der Waals surface area contributed by atoms with Crippen LogP contribution in [0.3, 0.4) is 0 Å². The Morgan fingerprint density at radius 1 is 1.19 bits per heavy atom. The van der Waals surface area contributed by atoms with Crippen molar-refractivity contribution in [3.05, 3.63) is 28.8 Å². The SMILES string of the molecule is Cc1cc(C)c(S(=O)(=O)N2CCCC[C@@H]2C(N)=O)c(C)c1. The molecule has 1 amide bonds. The highest BCUT2D eigenvalue weighted by molar-refractivity contribution is 7.89. The van der Waals surface area contributed by atoms with Gasteiger partial charge in [0.15, 0.2) is 0 Å². The molecule has 6 heteroatoms. The molecule has 0 aromatic heterocycles. The number of rotatable bonds is 3. The average Bonchev–Trinajstić information content (AvgIpc) is 2.37. The highest BCUT2D eigenvalue weighted by Crippen LogP contribution is 2.29. The number of amides is 1. The van der Waals surface area contributed by atoms with E-state index in [-0.39, 0.29) is 0 Å². The molecule has 0 bridgehead atoms. The fraction of sp³-hybridized carbons (Fsp3) is 0.533. The Kier molecular flexibility index (Phi) is 4.39. The lowest BCUT2D eigenvalue weighted by molar-refractivity contribution is -0.122. The zero-order chi connectivity index (χ0) is 15.8. The predicted octanol–water partition coefficient (Wildman–Crippen LogP) is 1.64. The Morgan fingerprint density at radius 2 is 1.76 bits per heavy atom.